The second-order valence-electron chi connectivity index (χ2n) is 3.87. The van der Waals surface area contributed by atoms with Crippen LogP contribution in [0.1, 0.15) is 25.1 Å². The third-order valence-electron chi connectivity index (χ3n) is 2.78. The van der Waals surface area contributed by atoms with Crippen molar-refractivity contribution in [1.29, 1.82) is 0 Å². The van der Waals surface area contributed by atoms with Crippen molar-refractivity contribution < 1.29 is 19.4 Å². The summed E-state index contributed by atoms with van der Waals surface area (Å²) < 4.78 is 5.80. The van der Waals surface area contributed by atoms with Gasteiger partial charge in [0.1, 0.15) is 0 Å². The average molecular weight is 335 g/mol. The lowest BCUT2D eigenvalue weighted by Crippen LogP contribution is -2.42. The Morgan fingerprint density at radius 1 is 1.50 bits per heavy atom. The molecule has 1 rings (SSSR count). The lowest BCUT2D eigenvalue weighted by Gasteiger charge is -2.25. The molecule has 0 saturated carbocycles. The molecule has 18 heavy (non-hydrogen) atoms. The van der Waals surface area contributed by atoms with Gasteiger partial charge in [-0.3, -0.25) is 9.59 Å². The third-order valence-corrected chi connectivity index (χ3v) is 4.47. The van der Waals surface area contributed by atoms with E-state index in [2.05, 4.69) is 15.9 Å². The molecule has 100 valence electrons. The number of rotatable bonds is 6. The predicted molar refractivity (Wildman–Crippen MR) is 72.7 cm³/mol. The molecule has 0 aliphatic heterocycles. The van der Waals surface area contributed by atoms with E-state index in [-0.39, 0.29) is 19.4 Å². The maximum atomic E-state index is 11.9. The topological polar surface area (TPSA) is 63.6 Å². The number of carbonyl (C=O) groups is 2. The standard InChI is InChI=1S/C12H15BrO4S/c1-3-12(10(14)15,11(16)17-4-2)6-9-5-8(13)7-18-9/h5,7H,3-4,6H2,1-2H3,(H,14,15). The summed E-state index contributed by atoms with van der Waals surface area (Å²) in [5, 5.41) is 11.2. The van der Waals surface area contributed by atoms with Gasteiger partial charge in [0.25, 0.3) is 0 Å². The molecule has 6 heteroatoms. The van der Waals surface area contributed by atoms with E-state index >= 15 is 0 Å². The van der Waals surface area contributed by atoms with Crippen LogP contribution in [0.4, 0.5) is 0 Å². The highest BCUT2D eigenvalue weighted by Crippen LogP contribution is 2.33. The van der Waals surface area contributed by atoms with E-state index in [1.54, 1.807) is 13.8 Å². The van der Waals surface area contributed by atoms with E-state index in [1.165, 1.54) is 11.3 Å². The highest BCUT2D eigenvalue weighted by atomic mass is 79.9. The molecule has 4 nitrogen and oxygen atoms in total. The van der Waals surface area contributed by atoms with Crippen LogP contribution in [0.2, 0.25) is 0 Å². The number of hydrogen-bond donors (Lipinski definition) is 1. The van der Waals surface area contributed by atoms with E-state index in [4.69, 9.17) is 4.74 Å². The summed E-state index contributed by atoms with van der Waals surface area (Å²) in [5.41, 5.74) is -1.49. The van der Waals surface area contributed by atoms with Gasteiger partial charge in [-0.05, 0) is 35.3 Å². The molecule has 1 aromatic rings. The summed E-state index contributed by atoms with van der Waals surface area (Å²) in [4.78, 5) is 24.3. The van der Waals surface area contributed by atoms with Gasteiger partial charge >= 0.3 is 11.9 Å². The summed E-state index contributed by atoms with van der Waals surface area (Å²) in [5.74, 6) is -1.79. The Balaban J connectivity index is 3.04. The van der Waals surface area contributed by atoms with Gasteiger partial charge in [-0.15, -0.1) is 11.3 Å². The van der Waals surface area contributed by atoms with Crippen molar-refractivity contribution in [2.24, 2.45) is 5.41 Å². The molecule has 0 bridgehead atoms. The summed E-state index contributed by atoms with van der Waals surface area (Å²) in [7, 11) is 0. The van der Waals surface area contributed by atoms with Crippen LogP contribution in [-0.2, 0) is 20.7 Å². The Morgan fingerprint density at radius 3 is 2.56 bits per heavy atom. The van der Waals surface area contributed by atoms with Crippen LogP contribution in [0, 0.1) is 5.41 Å². The second-order valence-corrected chi connectivity index (χ2v) is 5.78. The number of ether oxygens (including phenoxy) is 1. The molecular formula is C12H15BrO4S. The molecule has 0 fully saturated rings. The number of carboxylic acids is 1. The van der Waals surface area contributed by atoms with Gasteiger partial charge in [0.15, 0.2) is 5.41 Å². The second kappa shape index (κ2) is 6.33. The number of carbonyl (C=O) groups excluding carboxylic acids is 1. The molecule has 1 aromatic heterocycles. The van der Waals surface area contributed by atoms with Crippen LogP contribution in [-0.4, -0.2) is 23.7 Å². The van der Waals surface area contributed by atoms with Crippen molar-refractivity contribution in [2.75, 3.05) is 6.61 Å². The molecule has 1 N–H and O–H groups in total. The molecule has 0 aliphatic carbocycles. The Bertz CT molecular complexity index is 443. The normalized spacial score (nSPS) is 13.9. The van der Waals surface area contributed by atoms with Gasteiger partial charge < -0.3 is 9.84 Å². The summed E-state index contributed by atoms with van der Waals surface area (Å²) in [6.07, 6.45) is 0.366. The summed E-state index contributed by atoms with van der Waals surface area (Å²) >= 11 is 4.74. The van der Waals surface area contributed by atoms with E-state index in [0.29, 0.717) is 0 Å². The van der Waals surface area contributed by atoms with Crippen LogP contribution >= 0.6 is 27.3 Å². The van der Waals surface area contributed by atoms with Crippen molar-refractivity contribution in [3.8, 4) is 0 Å². The monoisotopic (exact) mass is 334 g/mol. The lowest BCUT2D eigenvalue weighted by molar-refractivity contribution is -0.168. The van der Waals surface area contributed by atoms with Crippen molar-refractivity contribution in [1.82, 2.24) is 0 Å². The highest BCUT2D eigenvalue weighted by molar-refractivity contribution is 9.10. The molecule has 1 unspecified atom stereocenters. The van der Waals surface area contributed by atoms with Gasteiger partial charge in [0.05, 0.1) is 6.61 Å². The van der Waals surface area contributed by atoms with Crippen molar-refractivity contribution >= 4 is 39.2 Å². The van der Waals surface area contributed by atoms with Crippen LogP contribution < -0.4 is 0 Å². The fourth-order valence-electron chi connectivity index (χ4n) is 1.67. The summed E-state index contributed by atoms with van der Waals surface area (Å²) in [6, 6.07) is 1.83. The quantitative estimate of drug-likeness (QED) is 0.641. The number of halogens is 1. The van der Waals surface area contributed by atoms with E-state index < -0.39 is 17.4 Å². The number of esters is 1. The van der Waals surface area contributed by atoms with E-state index in [1.807, 2.05) is 11.4 Å². The van der Waals surface area contributed by atoms with Crippen molar-refractivity contribution in [3.05, 3.63) is 20.8 Å². The first kappa shape index (κ1) is 15.2. The first-order valence-electron chi connectivity index (χ1n) is 5.59. The SMILES string of the molecule is CCOC(=O)C(CC)(Cc1cc(Br)cs1)C(=O)O. The van der Waals surface area contributed by atoms with E-state index in [0.717, 1.165) is 9.35 Å². The van der Waals surface area contributed by atoms with Crippen LogP contribution in [0.3, 0.4) is 0 Å². The number of carboxylic acid groups (broad SMARTS) is 1. The lowest BCUT2D eigenvalue weighted by atomic mass is 9.81. The van der Waals surface area contributed by atoms with Crippen molar-refractivity contribution in [2.45, 2.75) is 26.7 Å². The van der Waals surface area contributed by atoms with Gasteiger partial charge in [0.2, 0.25) is 0 Å². The highest BCUT2D eigenvalue weighted by Gasteiger charge is 2.46. The molecule has 0 amide bonds. The predicted octanol–water partition coefficient (Wildman–Crippen LogP) is 3.10. The Labute approximate surface area is 118 Å². The number of hydrogen-bond acceptors (Lipinski definition) is 4. The van der Waals surface area contributed by atoms with Crippen LogP contribution in [0.25, 0.3) is 0 Å². The first-order chi connectivity index (χ1) is 8.46. The minimum atomic E-state index is -1.49. The zero-order valence-corrected chi connectivity index (χ0v) is 12.6. The molecule has 0 radical (unpaired) electrons. The fourth-order valence-corrected chi connectivity index (χ4v) is 3.23. The average Bonchev–Trinajstić information content (AvgIpc) is 2.71. The van der Waals surface area contributed by atoms with Crippen molar-refractivity contribution in [3.63, 3.8) is 0 Å². The largest absolute Gasteiger partial charge is 0.480 e. The number of aliphatic carboxylic acids is 1. The third kappa shape index (κ3) is 3.11. The Morgan fingerprint density at radius 2 is 2.17 bits per heavy atom. The molecule has 1 heterocycles. The Kier molecular flexibility index (Phi) is 5.34. The summed E-state index contributed by atoms with van der Waals surface area (Å²) in [6.45, 7) is 3.54. The molecule has 0 saturated heterocycles. The van der Waals surface area contributed by atoms with Gasteiger partial charge in [0, 0.05) is 21.2 Å². The van der Waals surface area contributed by atoms with Gasteiger partial charge in [-0.25, -0.2) is 0 Å². The van der Waals surface area contributed by atoms with Crippen LogP contribution in [0.5, 0.6) is 0 Å². The van der Waals surface area contributed by atoms with Gasteiger partial charge in [-0.1, -0.05) is 6.92 Å². The smallest absolute Gasteiger partial charge is 0.323 e. The van der Waals surface area contributed by atoms with E-state index in [9.17, 15) is 14.7 Å². The van der Waals surface area contributed by atoms with Gasteiger partial charge in [-0.2, -0.15) is 0 Å². The maximum Gasteiger partial charge on any atom is 0.323 e. The minimum Gasteiger partial charge on any atom is -0.480 e. The molecule has 1 atom stereocenters. The maximum absolute atomic E-state index is 11.9. The minimum absolute atomic E-state index is 0.161. The number of thiophene rings is 1. The van der Waals surface area contributed by atoms with Crippen LogP contribution in [0.15, 0.2) is 15.9 Å². The molecule has 0 aliphatic rings. The zero-order chi connectivity index (χ0) is 13.8. The first-order valence-corrected chi connectivity index (χ1v) is 7.27. The molecule has 0 aromatic carbocycles. The molecule has 0 spiro atoms. The Hall–Kier alpha value is -0.880. The fraction of sp³-hybridized carbons (Fsp3) is 0.500. The molecular weight excluding hydrogens is 320 g/mol. The zero-order valence-electron chi connectivity index (χ0n) is 10.2.